The Balaban J connectivity index is 0.000000240. The molecule has 186 valence electrons. The topological polar surface area (TPSA) is 118 Å². The largest absolute Gasteiger partial charge is 0.403 e. The first kappa shape index (κ1) is 27.3. The van der Waals surface area contributed by atoms with Crippen molar-refractivity contribution in [3.05, 3.63) is 53.4 Å². The van der Waals surface area contributed by atoms with E-state index in [2.05, 4.69) is 29.4 Å². The summed E-state index contributed by atoms with van der Waals surface area (Å²) in [5, 5.41) is 4.15. The highest BCUT2D eigenvalue weighted by Crippen LogP contribution is 2.28. The number of benzene rings is 1. The van der Waals surface area contributed by atoms with Gasteiger partial charge in [0.05, 0.1) is 22.1 Å². The molecule has 1 saturated heterocycles. The zero-order valence-corrected chi connectivity index (χ0v) is 21.6. The first-order valence-corrected chi connectivity index (χ1v) is 12.5. The van der Waals surface area contributed by atoms with Gasteiger partial charge in [-0.15, -0.1) is 11.3 Å². The molecule has 0 bridgehead atoms. The molecule has 2 heterocycles. The van der Waals surface area contributed by atoms with E-state index in [0.29, 0.717) is 6.04 Å². The van der Waals surface area contributed by atoms with Crippen molar-refractivity contribution in [1.29, 1.82) is 0 Å². The summed E-state index contributed by atoms with van der Waals surface area (Å²) in [5.74, 6) is 6.11. The van der Waals surface area contributed by atoms with Crippen LogP contribution in [0.25, 0.3) is 10.4 Å². The Morgan fingerprint density at radius 2 is 1.97 bits per heavy atom. The normalized spacial score (nSPS) is 17.3. The summed E-state index contributed by atoms with van der Waals surface area (Å²) in [4.78, 5) is 30.2. The number of likely N-dealkylation sites (tertiary alicyclic amines) is 1. The maximum Gasteiger partial charge on any atom is 0.247 e. The first-order valence-electron chi connectivity index (χ1n) is 11.6. The summed E-state index contributed by atoms with van der Waals surface area (Å²) < 4.78 is 0. The van der Waals surface area contributed by atoms with Crippen LogP contribution < -0.4 is 16.9 Å². The van der Waals surface area contributed by atoms with Crippen molar-refractivity contribution < 1.29 is 9.59 Å². The summed E-state index contributed by atoms with van der Waals surface area (Å²) in [5.41, 5.74) is 10.5. The van der Waals surface area contributed by atoms with Gasteiger partial charge in [0, 0.05) is 25.0 Å². The molecule has 2 aromatic rings. The summed E-state index contributed by atoms with van der Waals surface area (Å²) >= 11 is 1.64. The van der Waals surface area contributed by atoms with Gasteiger partial charge in [-0.2, -0.15) is 0 Å². The molecular formula is C25H38N6O2S. The van der Waals surface area contributed by atoms with Gasteiger partial charge < -0.3 is 21.0 Å². The van der Waals surface area contributed by atoms with Crippen molar-refractivity contribution in [2.75, 3.05) is 6.54 Å². The highest BCUT2D eigenvalue weighted by molar-refractivity contribution is 7.13. The number of aryl methyl sites for hydroxylation is 1. The van der Waals surface area contributed by atoms with E-state index in [1.807, 2.05) is 50.2 Å². The summed E-state index contributed by atoms with van der Waals surface area (Å²) in [6.07, 6.45) is 5.79. The number of carbonyl (C=O) groups excluding carboxylic acids is 2. The molecule has 0 saturated carbocycles. The number of hydrogen-bond donors (Lipinski definition) is 3. The van der Waals surface area contributed by atoms with Crippen molar-refractivity contribution in [3.8, 4) is 10.4 Å². The van der Waals surface area contributed by atoms with Crippen LogP contribution in [0.5, 0.6) is 0 Å². The average molecular weight is 487 g/mol. The number of thiazole rings is 1. The van der Waals surface area contributed by atoms with Crippen molar-refractivity contribution in [1.82, 2.24) is 20.2 Å². The Morgan fingerprint density at radius 3 is 2.44 bits per heavy atom. The van der Waals surface area contributed by atoms with Crippen LogP contribution in [0, 0.1) is 12.8 Å². The summed E-state index contributed by atoms with van der Waals surface area (Å²) in [7, 11) is 0. The number of hydrogen-bond acceptors (Lipinski definition) is 7. The third-order valence-corrected chi connectivity index (χ3v) is 7.01. The second-order valence-electron chi connectivity index (χ2n) is 8.90. The maximum absolute atomic E-state index is 12.4. The van der Waals surface area contributed by atoms with Gasteiger partial charge in [-0.1, -0.05) is 38.1 Å². The van der Waals surface area contributed by atoms with Gasteiger partial charge >= 0.3 is 0 Å². The molecule has 3 atom stereocenters. The molecule has 34 heavy (non-hydrogen) atoms. The molecule has 3 rings (SSSR count). The number of aromatic nitrogens is 1. The molecule has 5 N–H and O–H groups in total. The molecule has 1 aliphatic heterocycles. The van der Waals surface area contributed by atoms with Crippen LogP contribution >= 0.6 is 11.3 Å². The molecule has 3 unspecified atom stereocenters. The minimum atomic E-state index is -0.338. The van der Waals surface area contributed by atoms with Gasteiger partial charge in [0.25, 0.3) is 0 Å². The lowest BCUT2D eigenvalue weighted by atomic mass is 10.0. The van der Waals surface area contributed by atoms with Gasteiger partial charge in [-0.25, -0.2) is 10.8 Å². The lowest BCUT2D eigenvalue weighted by molar-refractivity contribution is -0.138. The zero-order valence-electron chi connectivity index (χ0n) is 20.8. The Morgan fingerprint density at radius 1 is 1.29 bits per heavy atom. The molecule has 2 amide bonds. The van der Waals surface area contributed by atoms with E-state index in [-0.39, 0.29) is 23.9 Å². The molecular weight excluding hydrogens is 448 g/mol. The van der Waals surface area contributed by atoms with Crippen LogP contribution in [-0.2, 0) is 9.59 Å². The van der Waals surface area contributed by atoms with Crippen molar-refractivity contribution in [2.45, 2.75) is 65.6 Å². The fourth-order valence-corrected chi connectivity index (χ4v) is 4.89. The second kappa shape index (κ2) is 13.1. The maximum atomic E-state index is 12.4. The van der Waals surface area contributed by atoms with E-state index in [1.54, 1.807) is 17.5 Å². The predicted octanol–water partition coefficient (Wildman–Crippen LogP) is 3.55. The number of carbonyl (C=O) groups is 2. The Hall–Kier alpha value is -2.91. The zero-order chi connectivity index (χ0) is 25.3. The number of nitrogens with zero attached hydrogens (tertiary/aromatic N) is 3. The highest BCUT2D eigenvalue weighted by Gasteiger charge is 2.34. The summed E-state index contributed by atoms with van der Waals surface area (Å²) in [6.45, 7) is 10.9. The van der Waals surface area contributed by atoms with Gasteiger partial charge in [-0.3, -0.25) is 9.59 Å². The first-order chi connectivity index (χ1) is 16.2. The third-order valence-electron chi connectivity index (χ3n) is 6.04. The lowest BCUT2D eigenvalue weighted by Crippen LogP contribution is -2.52. The van der Waals surface area contributed by atoms with Gasteiger partial charge in [0.1, 0.15) is 6.04 Å². The van der Waals surface area contributed by atoms with Crippen molar-refractivity contribution >= 4 is 23.7 Å². The molecule has 8 nitrogen and oxygen atoms in total. The molecule has 0 spiro atoms. The molecule has 1 aromatic heterocycles. The molecule has 1 aromatic carbocycles. The Kier molecular flexibility index (Phi) is 10.5. The number of hydrazine groups is 1. The van der Waals surface area contributed by atoms with Crippen LogP contribution in [0.1, 0.15) is 57.8 Å². The van der Waals surface area contributed by atoms with Crippen LogP contribution in [-0.4, -0.2) is 45.8 Å². The fourth-order valence-electron chi connectivity index (χ4n) is 4.08. The standard InChI is InChI=1S/C13H14N2OS.C12H24N4O/c1-9(14-7-16)11-3-5-12(6-4-11)13-10(2)15-8-17-13;1-9(2)11(16(14)8-6-13)12(17)15-7-4-5-10(15)3/h3-9H,1-2H3,(H,14,16);6,8-11H,4-5,7,13-14H2,1-3H3/b;8-6-. The smallest absolute Gasteiger partial charge is 0.247 e. The molecule has 9 heteroatoms. The number of amides is 2. The minimum absolute atomic E-state index is 0.0455. The SMILES string of the molecule is CC(C)C(C(=O)N1CCCC1C)N(N)/C=C\N.Cc1ncsc1-c1ccc(C(C)NC=O)cc1. The molecule has 0 radical (unpaired) electrons. The van der Waals surface area contributed by atoms with E-state index < -0.39 is 0 Å². The van der Waals surface area contributed by atoms with E-state index in [0.717, 1.165) is 37.1 Å². The Labute approximate surface area is 207 Å². The quantitative estimate of drug-likeness (QED) is 0.298. The van der Waals surface area contributed by atoms with Gasteiger partial charge in [0.15, 0.2) is 0 Å². The van der Waals surface area contributed by atoms with Crippen molar-refractivity contribution in [2.24, 2.45) is 17.5 Å². The minimum Gasteiger partial charge on any atom is -0.403 e. The van der Waals surface area contributed by atoms with Crippen LogP contribution in [0.4, 0.5) is 0 Å². The lowest BCUT2D eigenvalue weighted by Gasteiger charge is -2.33. The molecule has 0 aliphatic carbocycles. The fraction of sp³-hybridized carbons (Fsp3) is 0.480. The second-order valence-corrected chi connectivity index (χ2v) is 9.75. The number of nitrogens with one attached hydrogen (secondary N) is 1. The molecule has 1 fully saturated rings. The van der Waals surface area contributed by atoms with E-state index in [4.69, 9.17) is 11.6 Å². The van der Waals surface area contributed by atoms with Crippen LogP contribution in [0.2, 0.25) is 0 Å². The van der Waals surface area contributed by atoms with E-state index in [9.17, 15) is 9.59 Å². The van der Waals surface area contributed by atoms with Gasteiger partial charge in [0.2, 0.25) is 12.3 Å². The van der Waals surface area contributed by atoms with E-state index >= 15 is 0 Å². The Bertz CT molecular complexity index is 943. The van der Waals surface area contributed by atoms with E-state index in [1.165, 1.54) is 21.6 Å². The number of rotatable bonds is 8. The van der Waals surface area contributed by atoms with Crippen LogP contribution in [0.3, 0.4) is 0 Å². The predicted molar refractivity (Wildman–Crippen MR) is 138 cm³/mol. The van der Waals surface area contributed by atoms with Crippen LogP contribution in [0.15, 0.2) is 42.2 Å². The van der Waals surface area contributed by atoms with Crippen molar-refractivity contribution in [3.63, 3.8) is 0 Å². The average Bonchev–Trinajstić information content (AvgIpc) is 3.42. The van der Waals surface area contributed by atoms with Gasteiger partial charge in [-0.05, 0) is 50.7 Å². The number of nitrogens with two attached hydrogens (primary N) is 2. The third kappa shape index (κ3) is 7.04. The molecule has 1 aliphatic rings. The summed E-state index contributed by atoms with van der Waals surface area (Å²) in [6, 6.07) is 8.24. The highest BCUT2D eigenvalue weighted by atomic mass is 32.1. The monoisotopic (exact) mass is 486 g/mol.